The third-order valence-corrected chi connectivity index (χ3v) is 4.41. The largest absolute Gasteiger partial charge is 0.386 e. The molecule has 0 saturated carbocycles. The van der Waals surface area contributed by atoms with E-state index in [0.29, 0.717) is 25.3 Å². The molecule has 1 fully saturated rings. The Morgan fingerprint density at radius 3 is 3.00 bits per heavy atom. The van der Waals surface area contributed by atoms with E-state index < -0.39 is 11.4 Å². The van der Waals surface area contributed by atoms with Gasteiger partial charge in [0.15, 0.2) is 0 Å². The van der Waals surface area contributed by atoms with Crippen molar-refractivity contribution in [1.82, 2.24) is 19.9 Å². The first-order valence-corrected chi connectivity index (χ1v) is 8.35. The maximum absolute atomic E-state index is 13.0. The third-order valence-electron chi connectivity index (χ3n) is 4.41. The minimum absolute atomic E-state index is 0.166. The molecule has 2 aromatic heterocycles. The normalized spacial score (nSPS) is 20.0. The molecule has 3 heterocycles. The molecule has 1 unspecified atom stereocenters. The van der Waals surface area contributed by atoms with E-state index in [1.165, 1.54) is 6.07 Å². The Kier molecular flexibility index (Phi) is 4.98. The van der Waals surface area contributed by atoms with Crippen LogP contribution in [-0.2, 0) is 17.8 Å². The Labute approximate surface area is 145 Å². The number of aliphatic hydroxyl groups is 1. The molecule has 1 aliphatic rings. The number of nitrogens with one attached hydrogen (secondary N) is 1. The number of halogens is 1. The number of pyridine rings is 1. The lowest BCUT2D eigenvalue weighted by atomic mass is 10.0. The zero-order chi connectivity index (χ0) is 17.9. The van der Waals surface area contributed by atoms with E-state index in [-0.39, 0.29) is 19.0 Å². The molecule has 1 saturated heterocycles. The fraction of sp³-hybridized carbons (Fsp3) is 0.471. The summed E-state index contributed by atoms with van der Waals surface area (Å²) in [6.45, 7) is 3.28. The van der Waals surface area contributed by atoms with Crippen LogP contribution >= 0.6 is 0 Å². The fourth-order valence-corrected chi connectivity index (χ4v) is 3.02. The zero-order valence-corrected chi connectivity index (χ0v) is 14.2. The van der Waals surface area contributed by atoms with Crippen LogP contribution in [0.5, 0.6) is 0 Å². The molecule has 1 atom stereocenters. The molecule has 8 heteroatoms. The maximum Gasteiger partial charge on any atom is 0.240 e. The number of nitrogens with zero attached hydrogens (tertiary/aromatic N) is 4. The number of amides is 1. The number of rotatable bonds is 6. The maximum atomic E-state index is 13.0. The highest BCUT2D eigenvalue weighted by molar-refractivity contribution is 5.75. The van der Waals surface area contributed by atoms with Crippen molar-refractivity contribution in [2.75, 3.05) is 24.5 Å². The molecule has 0 spiro atoms. The van der Waals surface area contributed by atoms with Crippen LogP contribution in [0.2, 0.25) is 0 Å². The predicted octanol–water partition coefficient (Wildman–Crippen LogP) is 0.737. The lowest BCUT2D eigenvalue weighted by Gasteiger charge is -2.24. The van der Waals surface area contributed by atoms with Gasteiger partial charge < -0.3 is 19.9 Å². The van der Waals surface area contributed by atoms with Crippen LogP contribution in [-0.4, -0.2) is 50.8 Å². The topological polar surface area (TPSA) is 83.3 Å². The van der Waals surface area contributed by atoms with Crippen LogP contribution in [0.1, 0.15) is 19.2 Å². The van der Waals surface area contributed by atoms with E-state index in [4.69, 9.17) is 0 Å². The minimum atomic E-state index is -1.02. The van der Waals surface area contributed by atoms with Crippen molar-refractivity contribution in [1.29, 1.82) is 0 Å². The Balaban J connectivity index is 1.52. The number of β-amino-alcohol motifs (C(OH)–C–C–N with tert-alkyl or cyclic N) is 1. The zero-order valence-electron chi connectivity index (χ0n) is 14.2. The number of aryl methyl sites for hydroxylation is 1. The summed E-state index contributed by atoms with van der Waals surface area (Å²) in [4.78, 5) is 22.2. The van der Waals surface area contributed by atoms with Crippen LogP contribution in [0.15, 0.2) is 30.7 Å². The van der Waals surface area contributed by atoms with Gasteiger partial charge in [0, 0.05) is 38.4 Å². The van der Waals surface area contributed by atoms with Crippen molar-refractivity contribution in [3.8, 4) is 0 Å². The molecule has 0 bridgehead atoms. The summed E-state index contributed by atoms with van der Waals surface area (Å²) < 4.78 is 14.8. The van der Waals surface area contributed by atoms with Gasteiger partial charge in [0.2, 0.25) is 5.91 Å². The van der Waals surface area contributed by atoms with Crippen LogP contribution in [0, 0.1) is 5.82 Å². The smallest absolute Gasteiger partial charge is 0.240 e. The summed E-state index contributed by atoms with van der Waals surface area (Å²) in [5.41, 5.74) is -1.02. The Bertz CT molecular complexity index is 733. The fourth-order valence-electron chi connectivity index (χ4n) is 3.02. The Morgan fingerprint density at radius 1 is 1.44 bits per heavy atom. The van der Waals surface area contributed by atoms with Crippen molar-refractivity contribution in [2.24, 2.45) is 0 Å². The van der Waals surface area contributed by atoms with Crippen LogP contribution in [0.25, 0.3) is 0 Å². The summed E-state index contributed by atoms with van der Waals surface area (Å²) in [7, 11) is 0. The van der Waals surface area contributed by atoms with Crippen LogP contribution in [0.3, 0.4) is 0 Å². The average molecular weight is 347 g/mol. The second kappa shape index (κ2) is 7.18. The number of imidazole rings is 1. The van der Waals surface area contributed by atoms with Crippen molar-refractivity contribution in [3.63, 3.8) is 0 Å². The number of anilines is 1. The molecule has 7 nitrogen and oxygen atoms in total. The van der Waals surface area contributed by atoms with Gasteiger partial charge in [-0.2, -0.15) is 0 Å². The van der Waals surface area contributed by atoms with Crippen LogP contribution < -0.4 is 10.2 Å². The van der Waals surface area contributed by atoms with Crippen LogP contribution in [0.4, 0.5) is 10.2 Å². The standard InChI is InChI=1S/C17H22FN5O2/c1-2-14-19-6-8-22(14)10-16(24)21-11-17(25)5-7-23(12-17)15-4-3-13(18)9-20-15/h3-4,6,8-9,25H,2,5,7,10-12H2,1H3,(H,21,24). The number of carbonyl (C=O) groups is 1. The van der Waals surface area contributed by atoms with Crippen molar-refractivity contribution in [2.45, 2.75) is 31.9 Å². The molecular weight excluding hydrogens is 325 g/mol. The molecular formula is C17H22FN5O2. The minimum Gasteiger partial charge on any atom is -0.386 e. The van der Waals surface area contributed by atoms with Gasteiger partial charge in [0.1, 0.15) is 29.6 Å². The number of hydrogen-bond donors (Lipinski definition) is 2. The van der Waals surface area contributed by atoms with Gasteiger partial charge in [0.25, 0.3) is 0 Å². The predicted molar refractivity (Wildman–Crippen MR) is 90.6 cm³/mol. The Hall–Kier alpha value is -2.48. The highest BCUT2D eigenvalue weighted by Gasteiger charge is 2.36. The van der Waals surface area contributed by atoms with Gasteiger partial charge in [-0.05, 0) is 18.6 Å². The number of carbonyl (C=O) groups excluding carboxylic acids is 1. The molecule has 0 aliphatic carbocycles. The summed E-state index contributed by atoms with van der Waals surface area (Å²) in [6.07, 6.45) is 5.86. The van der Waals surface area contributed by atoms with Crippen molar-refractivity contribution >= 4 is 11.7 Å². The van der Waals surface area contributed by atoms with E-state index in [1.807, 2.05) is 11.8 Å². The lowest BCUT2D eigenvalue weighted by molar-refractivity contribution is -0.122. The monoisotopic (exact) mass is 347 g/mol. The molecule has 1 aliphatic heterocycles. The quantitative estimate of drug-likeness (QED) is 0.805. The molecule has 0 aromatic carbocycles. The summed E-state index contributed by atoms with van der Waals surface area (Å²) in [5.74, 6) is 0.911. The second-order valence-corrected chi connectivity index (χ2v) is 6.33. The summed E-state index contributed by atoms with van der Waals surface area (Å²) >= 11 is 0. The van der Waals surface area contributed by atoms with E-state index in [0.717, 1.165) is 18.4 Å². The van der Waals surface area contributed by atoms with Crippen molar-refractivity contribution in [3.05, 3.63) is 42.4 Å². The molecule has 2 N–H and O–H groups in total. The molecule has 1 amide bonds. The van der Waals surface area contributed by atoms with Gasteiger partial charge in [-0.3, -0.25) is 4.79 Å². The van der Waals surface area contributed by atoms with Gasteiger partial charge in [0.05, 0.1) is 6.20 Å². The molecule has 134 valence electrons. The third kappa shape index (κ3) is 4.14. The average Bonchev–Trinajstić information content (AvgIpc) is 3.21. The lowest BCUT2D eigenvalue weighted by Crippen LogP contribution is -2.45. The first-order chi connectivity index (χ1) is 12.0. The van der Waals surface area contributed by atoms with Gasteiger partial charge >= 0.3 is 0 Å². The van der Waals surface area contributed by atoms with Crippen molar-refractivity contribution < 1.29 is 14.3 Å². The summed E-state index contributed by atoms with van der Waals surface area (Å²) in [6, 6.07) is 2.93. The number of hydrogen-bond acceptors (Lipinski definition) is 5. The van der Waals surface area contributed by atoms with E-state index in [2.05, 4.69) is 15.3 Å². The summed E-state index contributed by atoms with van der Waals surface area (Å²) in [5, 5.41) is 13.5. The molecule has 3 rings (SSSR count). The van der Waals surface area contributed by atoms with Gasteiger partial charge in [-0.15, -0.1) is 0 Å². The first-order valence-electron chi connectivity index (χ1n) is 8.35. The molecule has 0 radical (unpaired) electrons. The Morgan fingerprint density at radius 2 is 2.28 bits per heavy atom. The van der Waals surface area contributed by atoms with E-state index in [1.54, 1.807) is 23.0 Å². The first kappa shape index (κ1) is 17.3. The van der Waals surface area contributed by atoms with E-state index >= 15 is 0 Å². The van der Waals surface area contributed by atoms with Gasteiger partial charge in [-0.25, -0.2) is 14.4 Å². The second-order valence-electron chi connectivity index (χ2n) is 6.33. The SMILES string of the molecule is CCc1nccn1CC(=O)NCC1(O)CCN(c2ccc(F)cn2)C1. The van der Waals surface area contributed by atoms with Gasteiger partial charge in [-0.1, -0.05) is 6.92 Å². The van der Waals surface area contributed by atoms with E-state index in [9.17, 15) is 14.3 Å². The molecule has 2 aromatic rings. The highest BCUT2D eigenvalue weighted by atomic mass is 19.1. The molecule has 25 heavy (non-hydrogen) atoms. The number of aromatic nitrogens is 3. The highest BCUT2D eigenvalue weighted by Crippen LogP contribution is 2.25.